The van der Waals surface area contributed by atoms with Crippen LogP contribution in [0.1, 0.15) is 52.4 Å². The Morgan fingerprint density at radius 2 is 1.92 bits per heavy atom. The molecule has 0 bridgehead atoms. The highest BCUT2D eigenvalue weighted by molar-refractivity contribution is 5.77. The minimum absolute atomic E-state index is 0.232. The van der Waals surface area contributed by atoms with Crippen LogP contribution < -0.4 is 0 Å². The maximum Gasteiger partial charge on any atom is 0.314 e. The molecule has 3 fully saturated rings. The minimum atomic E-state index is -1.52. The van der Waals surface area contributed by atoms with E-state index in [0.717, 1.165) is 19.3 Å². The molecule has 24 heavy (non-hydrogen) atoms. The zero-order valence-electron chi connectivity index (χ0n) is 14.8. The lowest BCUT2D eigenvalue weighted by molar-refractivity contribution is -0.273. The second-order valence-corrected chi connectivity index (χ2v) is 8.61. The first kappa shape index (κ1) is 17.7. The second-order valence-electron chi connectivity index (χ2n) is 8.61. The Kier molecular flexibility index (Phi) is 4.00. The van der Waals surface area contributed by atoms with E-state index in [1.54, 1.807) is 0 Å². The Morgan fingerprint density at radius 3 is 2.50 bits per heavy atom. The normalized spacial score (nSPS) is 51.4. The average molecular weight is 334 g/mol. The smallest absolute Gasteiger partial charge is 0.314 e. The molecule has 3 aliphatic carbocycles. The molecule has 0 aromatic carbocycles. The molecule has 7 atom stereocenters. The molecular formula is C20H30O4. The highest BCUT2D eigenvalue weighted by atomic mass is 16.4. The quantitative estimate of drug-likeness (QED) is 0.678. The van der Waals surface area contributed by atoms with Gasteiger partial charge in [-0.2, -0.15) is 0 Å². The summed E-state index contributed by atoms with van der Waals surface area (Å²) in [4.78, 5) is 12.1. The Balaban J connectivity index is 2.08. The summed E-state index contributed by atoms with van der Waals surface area (Å²) in [6, 6.07) is 0. The molecule has 0 aromatic rings. The van der Waals surface area contributed by atoms with Crippen molar-refractivity contribution in [1.29, 1.82) is 0 Å². The van der Waals surface area contributed by atoms with Gasteiger partial charge in [0.1, 0.15) is 5.41 Å². The molecule has 3 aliphatic rings. The Hall–Kier alpha value is -1.13. The van der Waals surface area contributed by atoms with Crippen molar-refractivity contribution in [3.8, 4) is 0 Å². The Morgan fingerprint density at radius 1 is 1.25 bits per heavy atom. The summed E-state index contributed by atoms with van der Waals surface area (Å²) in [5, 5.41) is 32.0. The number of carbonyl (C=O) groups is 1. The highest BCUT2D eigenvalue weighted by Gasteiger charge is 2.71. The third kappa shape index (κ3) is 1.90. The van der Waals surface area contributed by atoms with Crippen LogP contribution in [0.25, 0.3) is 0 Å². The fraction of sp³-hybridized carbons (Fsp3) is 0.750. The molecule has 1 unspecified atom stereocenters. The van der Waals surface area contributed by atoms with Crippen LogP contribution in [0.3, 0.4) is 0 Å². The lowest BCUT2D eigenvalue weighted by Crippen LogP contribution is -2.72. The van der Waals surface area contributed by atoms with E-state index >= 15 is 0 Å². The van der Waals surface area contributed by atoms with E-state index in [0.29, 0.717) is 25.2 Å². The molecule has 0 spiro atoms. The molecule has 4 heteroatoms. The summed E-state index contributed by atoms with van der Waals surface area (Å²) < 4.78 is 0. The van der Waals surface area contributed by atoms with Crippen LogP contribution in [0.2, 0.25) is 0 Å². The van der Waals surface area contributed by atoms with Crippen LogP contribution in [0.5, 0.6) is 0 Å². The van der Waals surface area contributed by atoms with Crippen LogP contribution in [-0.4, -0.2) is 33.0 Å². The van der Waals surface area contributed by atoms with E-state index in [4.69, 9.17) is 0 Å². The molecule has 0 aromatic heterocycles. The van der Waals surface area contributed by atoms with Crippen LogP contribution in [0, 0.1) is 28.6 Å². The van der Waals surface area contributed by atoms with Crippen molar-refractivity contribution in [3.63, 3.8) is 0 Å². The highest BCUT2D eigenvalue weighted by Crippen LogP contribution is 2.67. The summed E-state index contributed by atoms with van der Waals surface area (Å²) >= 11 is 0. The van der Waals surface area contributed by atoms with Crippen molar-refractivity contribution >= 4 is 5.97 Å². The zero-order valence-corrected chi connectivity index (χ0v) is 14.8. The first-order chi connectivity index (χ1) is 11.1. The molecule has 3 rings (SSSR count). The summed E-state index contributed by atoms with van der Waals surface area (Å²) in [5.41, 5.74) is -2.22. The topological polar surface area (TPSA) is 77.8 Å². The molecule has 0 saturated heterocycles. The largest absolute Gasteiger partial charge is 0.481 e. The zero-order chi connectivity index (χ0) is 17.9. The van der Waals surface area contributed by atoms with Crippen LogP contribution >= 0.6 is 0 Å². The third-order valence-corrected chi connectivity index (χ3v) is 7.99. The fourth-order valence-electron chi connectivity index (χ4n) is 6.32. The van der Waals surface area contributed by atoms with Crippen molar-refractivity contribution < 1.29 is 20.1 Å². The van der Waals surface area contributed by atoms with Crippen LogP contribution in [0.4, 0.5) is 0 Å². The van der Waals surface area contributed by atoms with E-state index in [2.05, 4.69) is 13.2 Å². The standard InChI is InChI=1S/C20H30O4/c1-5-13-12(2)6-7-15-14(13)8-11-20(24)18(15,3)10-9-16(21)19(20,4)17(22)23/h5,13-16,21,24H,1-2,6-11H2,3-4H3,(H,22,23)/t13-,14-,15?,16+,18+,19+,20-/m0/s1. The first-order valence-corrected chi connectivity index (χ1v) is 9.07. The maximum atomic E-state index is 12.1. The summed E-state index contributed by atoms with van der Waals surface area (Å²) in [7, 11) is 0. The number of allylic oxidation sites excluding steroid dienone is 2. The minimum Gasteiger partial charge on any atom is -0.481 e. The third-order valence-electron chi connectivity index (χ3n) is 7.99. The number of hydrogen-bond donors (Lipinski definition) is 3. The Labute approximate surface area is 144 Å². The maximum absolute atomic E-state index is 12.1. The van der Waals surface area contributed by atoms with Gasteiger partial charge in [-0.1, -0.05) is 25.2 Å². The number of carboxylic acids is 1. The molecule has 3 N–H and O–H groups in total. The number of carboxylic acid groups (broad SMARTS) is 1. The molecule has 0 amide bonds. The van der Waals surface area contributed by atoms with Gasteiger partial charge in [-0.3, -0.25) is 4.79 Å². The van der Waals surface area contributed by atoms with E-state index in [-0.39, 0.29) is 11.8 Å². The van der Waals surface area contributed by atoms with E-state index in [1.165, 1.54) is 12.5 Å². The van der Waals surface area contributed by atoms with Gasteiger partial charge in [0.05, 0.1) is 11.7 Å². The van der Waals surface area contributed by atoms with Crippen molar-refractivity contribution in [3.05, 3.63) is 24.8 Å². The monoisotopic (exact) mass is 334 g/mol. The van der Waals surface area contributed by atoms with Crippen molar-refractivity contribution in [2.24, 2.45) is 28.6 Å². The van der Waals surface area contributed by atoms with Gasteiger partial charge in [-0.25, -0.2) is 0 Å². The number of fused-ring (bicyclic) bond motifs is 3. The molecule has 134 valence electrons. The SMILES string of the molecule is C=C[C@H]1C(=C)CCC2[C@H]1CC[C@@]1(O)[C@@](C)(C(=O)O)[C@H](O)CC[C@]21C. The lowest BCUT2D eigenvalue weighted by atomic mass is 9.40. The summed E-state index contributed by atoms with van der Waals surface area (Å²) in [5.74, 6) is -0.256. The summed E-state index contributed by atoms with van der Waals surface area (Å²) in [6.45, 7) is 11.8. The molecule has 0 radical (unpaired) electrons. The molecule has 4 nitrogen and oxygen atoms in total. The number of aliphatic hydroxyl groups excluding tert-OH is 1. The van der Waals surface area contributed by atoms with E-state index in [1.807, 2.05) is 13.0 Å². The van der Waals surface area contributed by atoms with Gasteiger partial charge in [-0.15, -0.1) is 6.58 Å². The van der Waals surface area contributed by atoms with Gasteiger partial charge in [0, 0.05) is 11.3 Å². The molecular weight excluding hydrogens is 304 g/mol. The summed E-state index contributed by atoms with van der Waals surface area (Å²) in [6.07, 6.45) is 5.02. The fourth-order valence-corrected chi connectivity index (χ4v) is 6.32. The van der Waals surface area contributed by atoms with Crippen molar-refractivity contribution in [2.75, 3.05) is 0 Å². The van der Waals surface area contributed by atoms with Gasteiger partial charge in [0.15, 0.2) is 0 Å². The molecule has 3 saturated carbocycles. The molecule has 0 heterocycles. The van der Waals surface area contributed by atoms with E-state index in [9.17, 15) is 20.1 Å². The van der Waals surface area contributed by atoms with Crippen LogP contribution in [-0.2, 0) is 4.79 Å². The first-order valence-electron chi connectivity index (χ1n) is 9.07. The van der Waals surface area contributed by atoms with Gasteiger partial charge < -0.3 is 15.3 Å². The van der Waals surface area contributed by atoms with Crippen LogP contribution in [0.15, 0.2) is 24.8 Å². The second kappa shape index (κ2) is 5.43. The van der Waals surface area contributed by atoms with Gasteiger partial charge in [0.2, 0.25) is 0 Å². The molecule has 0 aliphatic heterocycles. The van der Waals surface area contributed by atoms with Gasteiger partial charge >= 0.3 is 5.97 Å². The predicted molar refractivity (Wildman–Crippen MR) is 92.3 cm³/mol. The number of aliphatic hydroxyl groups is 2. The number of hydrogen-bond acceptors (Lipinski definition) is 3. The van der Waals surface area contributed by atoms with Gasteiger partial charge in [-0.05, 0) is 57.3 Å². The van der Waals surface area contributed by atoms with Gasteiger partial charge in [0.25, 0.3) is 0 Å². The Bertz CT molecular complexity index is 584. The lowest BCUT2D eigenvalue weighted by Gasteiger charge is -2.66. The number of aliphatic carboxylic acids is 1. The van der Waals surface area contributed by atoms with Crippen molar-refractivity contribution in [1.82, 2.24) is 0 Å². The van der Waals surface area contributed by atoms with E-state index < -0.39 is 28.5 Å². The predicted octanol–water partition coefficient (Wildman–Crippen LogP) is 3.15. The number of rotatable bonds is 2. The average Bonchev–Trinajstić information content (AvgIpc) is 2.54. The van der Waals surface area contributed by atoms with Crippen molar-refractivity contribution in [2.45, 2.75) is 64.1 Å².